The molecule has 50 heavy (non-hydrogen) atoms. The lowest BCUT2D eigenvalue weighted by molar-refractivity contribution is -0.172. The van der Waals surface area contributed by atoms with Gasteiger partial charge in [-0.3, -0.25) is 19.2 Å². The van der Waals surface area contributed by atoms with Crippen LogP contribution in [0.3, 0.4) is 0 Å². The number of piperazine rings is 1. The fourth-order valence-corrected chi connectivity index (χ4v) is 15.2. The Labute approximate surface area is 307 Å². The van der Waals surface area contributed by atoms with Crippen LogP contribution in [0.15, 0.2) is 48.3 Å². The van der Waals surface area contributed by atoms with Gasteiger partial charge in [0, 0.05) is 12.8 Å². The van der Waals surface area contributed by atoms with Crippen LogP contribution >= 0.6 is 41.2 Å². The van der Waals surface area contributed by atoms with Crippen molar-refractivity contribution >= 4 is 65.0 Å². The summed E-state index contributed by atoms with van der Waals surface area (Å²) in [6, 6.07) is -1.64. The number of nitrogens with zero attached hydrogens (tertiary/aromatic N) is 2. The summed E-state index contributed by atoms with van der Waals surface area (Å²) in [6.07, 6.45) is 11.7. The van der Waals surface area contributed by atoms with Crippen molar-refractivity contribution in [3.05, 3.63) is 48.3 Å². The zero-order valence-electron chi connectivity index (χ0n) is 28.1. The van der Waals surface area contributed by atoms with Gasteiger partial charge in [-0.15, -0.1) is 0 Å². The van der Waals surface area contributed by atoms with Crippen molar-refractivity contribution < 1.29 is 48.3 Å². The molecule has 16 heteroatoms. The molecule has 7 aliphatic rings. The van der Waals surface area contributed by atoms with E-state index in [4.69, 9.17) is 18.9 Å². The maximum atomic E-state index is 15.1. The van der Waals surface area contributed by atoms with E-state index in [-0.39, 0.29) is 37.5 Å². The van der Waals surface area contributed by atoms with Gasteiger partial charge >= 0.3 is 11.9 Å². The number of unbranched alkanes of at least 4 members (excludes halogenated alkanes) is 4. The Morgan fingerprint density at radius 3 is 1.60 bits per heavy atom. The van der Waals surface area contributed by atoms with Gasteiger partial charge in [0.1, 0.15) is 12.2 Å². The first-order chi connectivity index (χ1) is 24.1. The van der Waals surface area contributed by atoms with Crippen molar-refractivity contribution in [2.45, 2.75) is 137 Å². The van der Waals surface area contributed by atoms with Crippen LogP contribution < -0.4 is 0 Å². The van der Waals surface area contributed by atoms with Gasteiger partial charge in [0.2, 0.25) is 0 Å². The fourth-order valence-electron chi connectivity index (χ4n) is 7.48. The third-order valence-corrected chi connectivity index (χ3v) is 17.1. The Hall–Kier alpha value is -2.24. The molecule has 0 aromatic carbocycles. The third kappa shape index (κ3) is 7.21. The molecule has 2 spiro atoms. The molecule has 2 N–H and O–H groups in total. The van der Waals surface area contributed by atoms with Crippen LogP contribution in [0.25, 0.3) is 0 Å². The molecular weight excluding hydrogens is 725 g/mol. The van der Waals surface area contributed by atoms with Gasteiger partial charge in [-0.1, -0.05) is 52.4 Å². The lowest BCUT2D eigenvalue weighted by Gasteiger charge is -2.55. The summed E-state index contributed by atoms with van der Waals surface area (Å²) < 4.78 is 23.2. The molecule has 5 saturated heterocycles. The van der Waals surface area contributed by atoms with Crippen LogP contribution in [0, 0.1) is 0 Å². The minimum absolute atomic E-state index is 0.125. The Bertz CT molecular complexity index is 1350. The van der Waals surface area contributed by atoms with Crippen LogP contribution in [0.4, 0.5) is 0 Å². The summed E-state index contributed by atoms with van der Waals surface area (Å²) in [5.74, 6) is -1.88. The van der Waals surface area contributed by atoms with Gasteiger partial charge in [-0.05, 0) is 77.4 Å². The first-order valence-electron chi connectivity index (χ1n) is 17.3. The average Bonchev–Trinajstić information content (AvgIpc) is 3.42. The number of fused-ring (bicyclic) bond motifs is 5. The summed E-state index contributed by atoms with van der Waals surface area (Å²) in [7, 11) is 5.34. The van der Waals surface area contributed by atoms with Gasteiger partial charge in [0.05, 0.1) is 62.2 Å². The Morgan fingerprint density at radius 1 is 0.780 bits per heavy atom. The Kier molecular flexibility index (Phi) is 12.1. The van der Waals surface area contributed by atoms with Crippen molar-refractivity contribution in [2.75, 3.05) is 0 Å². The molecule has 8 atom stereocenters. The van der Waals surface area contributed by atoms with Crippen molar-refractivity contribution in [1.29, 1.82) is 0 Å². The van der Waals surface area contributed by atoms with Crippen LogP contribution in [0.1, 0.15) is 90.9 Å². The molecular formula is C34H44N2O10S4. The molecule has 0 aromatic rings. The minimum Gasteiger partial charge on any atom is -0.473 e. The van der Waals surface area contributed by atoms with E-state index >= 15 is 9.59 Å². The van der Waals surface area contributed by atoms with Crippen LogP contribution in [0.2, 0.25) is 0 Å². The number of rotatable bonds is 14. The number of carbonyl (C=O) groups excluding carboxylic acids is 4. The summed E-state index contributed by atoms with van der Waals surface area (Å²) >= 11 is 0. The molecule has 0 saturated carbocycles. The minimum atomic E-state index is -1.41. The quantitative estimate of drug-likeness (QED) is 0.128. The molecule has 12 nitrogen and oxygen atoms in total. The zero-order valence-corrected chi connectivity index (χ0v) is 31.4. The van der Waals surface area contributed by atoms with Crippen molar-refractivity contribution in [3.63, 3.8) is 0 Å². The van der Waals surface area contributed by atoms with E-state index < -0.39 is 58.2 Å². The number of aliphatic hydroxyl groups excluding tert-OH is 2. The Morgan fingerprint density at radius 2 is 1.20 bits per heavy atom. The highest BCUT2D eigenvalue weighted by Crippen LogP contribution is 2.69. The van der Waals surface area contributed by atoms with Gasteiger partial charge < -0.3 is 39.0 Å². The molecule has 0 aliphatic carbocycles. The second-order valence-corrected chi connectivity index (χ2v) is 19.6. The number of hydrogen-bond acceptors (Lipinski definition) is 14. The van der Waals surface area contributed by atoms with Crippen LogP contribution in [-0.4, -0.2) is 90.0 Å². The van der Waals surface area contributed by atoms with E-state index in [9.17, 15) is 19.8 Å². The number of esters is 2. The lowest BCUT2D eigenvalue weighted by atomic mass is 10.0. The standard InChI is InChI=1S/C34H44N2O10S4/c1-3-5-7-9-23(37)15-27(39)45-25-11-13-43-19-21-17-33-32(42)36-30-22(18-34(36,48-50-49-47-33)31(41)35(33)29(21)25)20-44-14-12-26(30)46-28(40)16-24(38)10-8-6-4-2/h11-14,19-20,23-26,29-30,37-38H,3-10,15-18H2,1-2H3/t23-,24-,25-,26-,29-,30-,33+,34+/m0/s1. The summed E-state index contributed by atoms with van der Waals surface area (Å²) in [5.41, 5.74) is 1.25. The van der Waals surface area contributed by atoms with E-state index in [1.54, 1.807) is 22.0 Å². The lowest BCUT2D eigenvalue weighted by Crippen LogP contribution is -2.74. The molecule has 0 unspecified atom stereocenters. The number of carbonyl (C=O) groups is 4. The fraction of sp³-hybridized carbons (Fsp3) is 0.647. The average molecular weight is 769 g/mol. The largest absolute Gasteiger partial charge is 0.473 e. The Balaban J connectivity index is 1.28. The number of hydrogen-bond donors (Lipinski definition) is 2. The highest BCUT2D eigenvalue weighted by atomic mass is 33.7. The van der Waals surface area contributed by atoms with Gasteiger partial charge in [0.25, 0.3) is 11.8 Å². The van der Waals surface area contributed by atoms with E-state index in [0.29, 0.717) is 24.0 Å². The van der Waals surface area contributed by atoms with Crippen molar-refractivity contribution in [3.8, 4) is 0 Å². The maximum absolute atomic E-state index is 15.1. The van der Waals surface area contributed by atoms with Gasteiger partial charge in [0.15, 0.2) is 9.74 Å². The highest BCUT2D eigenvalue weighted by molar-refractivity contribution is 9.26. The molecule has 5 fully saturated rings. The SMILES string of the molecule is CCCCC[C@H](O)CC(=O)O[C@H]1C=COC=C2C[C@@]34SSSS[C@]5(CC6=COC=C[C@H](OC(=O)C[C@@H](O)CCCCC)[C@H]6N5C3=O)C(=O)N4[C@@H]21. The summed E-state index contributed by atoms with van der Waals surface area (Å²) in [5, 5.41) is 21.0. The number of ether oxygens (including phenoxy) is 4. The monoisotopic (exact) mass is 768 g/mol. The molecule has 0 radical (unpaired) electrons. The molecule has 7 rings (SSSR count). The first-order valence-corrected chi connectivity index (χ1v) is 22.1. The smallest absolute Gasteiger partial charge is 0.309 e. The van der Waals surface area contributed by atoms with Crippen LogP contribution in [0.5, 0.6) is 0 Å². The van der Waals surface area contributed by atoms with E-state index in [1.165, 1.54) is 66.3 Å². The van der Waals surface area contributed by atoms with E-state index in [0.717, 1.165) is 38.5 Å². The topological polar surface area (TPSA) is 152 Å². The molecule has 7 aliphatic heterocycles. The van der Waals surface area contributed by atoms with Gasteiger partial charge in [-0.2, -0.15) is 0 Å². The molecule has 274 valence electrons. The molecule has 7 heterocycles. The molecule has 0 aromatic heterocycles. The molecule has 2 bridgehead atoms. The predicted octanol–water partition coefficient (Wildman–Crippen LogP) is 5.63. The molecule has 2 amide bonds. The van der Waals surface area contributed by atoms with E-state index in [2.05, 4.69) is 13.8 Å². The summed E-state index contributed by atoms with van der Waals surface area (Å²) in [6.45, 7) is 4.13. The van der Waals surface area contributed by atoms with Gasteiger partial charge in [-0.25, -0.2) is 0 Å². The third-order valence-electron chi connectivity index (χ3n) is 9.84. The summed E-state index contributed by atoms with van der Waals surface area (Å²) in [4.78, 5) is 56.8. The number of amides is 2. The van der Waals surface area contributed by atoms with E-state index in [1.807, 2.05) is 0 Å². The normalized spacial score (nSPS) is 32.1. The predicted molar refractivity (Wildman–Crippen MR) is 192 cm³/mol. The maximum Gasteiger partial charge on any atom is 0.309 e. The van der Waals surface area contributed by atoms with Crippen molar-refractivity contribution in [1.82, 2.24) is 9.80 Å². The second-order valence-electron chi connectivity index (χ2n) is 13.4. The van der Waals surface area contributed by atoms with Crippen molar-refractivity contribution in [2.24, 2.45) is 0 Å². The second kappa shape index (κ2) is 16.2. The first kappa shape index (κ1) is 37.5. The number of aliphatic hydroxyl groups is 2. The zero-order chi connectivity index (χ0) is 35.5. The van der Waals surface area contributed by atoms with Crippen LogP contribution in [-0.2, 0) is 38.1 Å². The highest BCUT2D eigenvalue weighted by Gasteiger charge is 2.75.